The lowest BCUT2D eigenvalue weighted by Gasteiger charge is -2.27. The van der Waals surface area contributed by atoms with E-state index in [9.17, 15) is 8.42 Å². The van der Waals surface area contributed by atoms with Crippen molar-refractivity contribution < 1.29 is 17.9 Å². The van der Waals surface area contributed by atoms with Crippen LogP contribution in [-0.4, -0.2) is 62.8 Å². The van der Waals surface area contributed by atoms with E-state index >= 15 is 0 Å². The summed E-state index contributed by atoms with van der Waals surface area (Å²) >= 11 is 1.63. The third-order valence-corrected chi connectivity index (χ3v) is 8.57. The zero-order valence-electron chi connectivity index (χ0n) is 18.8. The van der Waals surface area contributed by atoms with Gasteiger partial charge in [0.05, 0.1) is 4.90 Å². The van der Waals surface area contributed by atoms with Crippen LogP contribution >= 0.6 is 11.8 Å². The van der Waals surface area contributed by atoms with Crippen molar-refractivity contribution in [3.8, 4) is 23.0 Å². The van der Waals surface area contributed by atoms with Crippen molar-refractivity contribution in [2.45, 2.75) is 43.4 Å². The fraction of sp³-hybridized carbons (Fsp3) is 0.476. The molecule has 0 fully saturated rings. The van der Waals surface area contributed by atoms with E-state index in [-0.39, 0.29) is 11.4 Å². The smallest absolute Gasteiger partial charge is 0.243 e. The average molecular weight is 491 g/mol. The van der Waals surface area contributed by atoms with E-state index in [0.29, 0.717) is 55.7 Å². The first-order valence-electron chi connectivity index (χ1n) is 10.9. The molecule has 2 aliphatic heterocycles. The molecule has 0 N–H and O–H groups in total. The van der Waals surface area contributed by atoms with E-state index in [1.54, 1.807) is 30.0 Å². The van der Waals surface area contributed by atoms with Crippen molar-refractivity contribution in [3.05, 3.63) is 29.5 Å². The Balaban J connectivity index is 1.50. The number of ether oxygens (including phenoxy) is 2. The Kier molecular flexibility index (Phi) is 5.83. The Morgan fingerprint density at radius 3 is 2.67 bits per heavy atom. The highest BCUT2D eigenvalue weighted by Gasteiger charge is 2.34. The van der Waals surface area contributed by atoms with E-state index in [2.05, 4.69) is 17.1 Å². The van der Waals surface area contributed by atoms with Crippen LogP contribution in [0.1, 0.15) is 25.1 Å². The van der Waals surface area contributed by atoms with Gasteiger partial charge in [-0.15, -0.1) is 10.2 Å². The van der Waals surface area contributed by atoms with E-state index in [4.69, 9.17) is 14.6 Å². The first-order chi connectivity index (χ1) is 15.9. The average Bonchev–Trinajstić information content (AvgIpc) is 3.38. The van der Waals surface area contributed by atoms with Gasteiger partial charge < -0.3 is 14.0 Å². The molecule has 0 atom stereocenters. The van der Waals surface area contributed by atoms with E-state index in [1.165, 1.54) is 4.31 Å². The SMILES string of the molecule is CCSc1nnc(-c2nn(C)c3c2CN(S(=O)(=O)c2ccc4c(c2)OCCO4)CC3)n1CC. The van der Waals surface area contributed by atoms with Gasteiger partial charge in [-0.1, -0.05) is 18.7 Å². The molecule has 1 aromatic carbocycles. The Hall–Kier alpha value is -2.57. The topological polar surface area (TPSA) is 104 Å². The maximum Gasteiger partial charge on any atom is 0.243 e. The Bertz CT molecular complexity index is 1300. The predicted octanol–water partition coefficient (Wildman–Crippen LogP) is 2.33. The van der Waals surface area contributed by atoms with Crippen molar-refractivity contribution in [2.24, 2.45) is 7.05 Å². The molecular formula is C21H26N6O4S2. The highest BCUT2D eigenvalue weighted by atomic mass is 32.2. The molecule has 2 aliphatic rings. The molecule has 10 nitrogen and oxygen atoms in total. The van der Waals surface area contributed by atoms with E-state index in [0.717, 1.165) is 22.2 Å². The monoisotopic (exact) mass is 490 g/mol. The maximum atomic E-state index is 13.5. The molecule has 0 radical (unpaired) electrons. The number of sulfonamides is 1. The van der Waals surface area contributed by atoms with Crippen molar-refractivity contribution >= 4 is 21.8 Å². The van der Waals surface area contributed by atoms with Crippen LogP contribution in [0.3, 0.4) is 0 Å². The second kappa shape index (κ2) is 8.65. The lowest BCUT2D eigenvalue weighted by Crippen LogP contribution is -2.36. The minimum atomic E-state index is -3.73. The van der Waals surface area contributed by atoms with Gasteiger partial charge >= 0.3 is 0 Å². The summed E-state index contributed by atoms with van der Waals surface area (Å²) in [6, 6.07) is 4.78. The molecular weight excluding hydrogens is 464 g/mol. The third-order valence-electron chi connectivity index (χ3n) is 5.88. The molecule has 0 saturated carbocycles. The van der Waals surface area contributed by atoms with Crippen LogP contribution in [-0.2, 0) is 36.6 Å². The second-order valence-electron chi connectivity index (χ2n) is 7.77. The summed E-state index contributed by atoms with van der Waals surface area (Å²) < 4.78 is 43.5. The number of fused-ring (bicyclic) bond motifs is 2. The fourth-order valence-corrected chi connectivity index (χ4v) is 6.42. The summed E-state index contributed by atoms with van der Waals surface area (Å²) in [5.74, 6) is 2.58. The molecule has 0 saturated heterocycles. The highest BCUT2D eigenvalue weighted by molar-refractivity contribution is 7.99. The van der Waals surface area contributed by atoms with Crippen molar-refractivity contribution in [1.29, 1.82) is 0 Å². The van der Waals surface area contributed by atoms with Crippen LogP contribution in [0.15, 0.2) is 28.3 Å². The van der Waals surface area contributed by atoms with E-state index < -0.39 is 10.0 Å². The third kappa shape index (κ3) is 3.79. The lowest BCUT2D eigenvalue weighted by molar-refractivity contribution is 0.171. The number of aryl methyl sites for hydroxylation is 1. The van der Waals surface area contributed by atoms with Gasteiger partial charge in [0.25, 0.3) is 0 Å². The van der Waals surface area contributed by atoms with Crippen LogP contribution in [0.4, 0.5) is 0 Å². The molecule has 0 bridgehead atoms. The summed E-state index contributed by atoms with van der Waals surface area (Å²) in [7, 11) is -1.84. The van der Waals surface area contributed by atoms with Crippen molar-refractivity contribution in [1.82, 2.24) is 28.9 Å². The summed E-state index contributed by atoms with van der Waals surface area (Å²) in [6.45, 7) is 6.28. The van der Waals surface area contributed by atoms with Gasteiger partial charge in [0.2, 0.25) is 10.0 Å². The minimum absolute atomic E-state index is 0.194. The molecule has 4 heterocycles. The Morgan fingerprint density at radius 1 is 1.12 bits per heavy atom. The van der Waals surface area contributed by atoms with Crippen LogP contribution in [0.2, 0.25) is 0 Å². The maximum absolute atomic E-state index is 13.5. The van der Waals surface area contributed by atoms with Gasteiger partial charge in [0.1, 0.15) is 18.9 Å². The Morgan fingerprint density at radius 2 is 1.91 bits per heavy atom. The highest BCUT2D eigenvalue weighted by Crippen LogP contribution is 2.36. The molecule has 0 aliphatic carbocycles. The number of nitrogens with zero attached hydrogens (tertiary/aromatic N) is 6. The number of rotatable bonds is 6. The molecule has 0 unspecified atom stereocenters. The first kappa shape index (κ1) is 22.2. The van der Waals surface area contributed by atoms with Crippen molar-refractivity contribution in [2.75, 3.05) is 25.5 Å². The standard InChI is InChI=1S/C21H26N6O4S2/c1-4-27-20(22-23-21(27)32-5-2)19-15-13-26(9-8-16(15)25(3)24-19)33(28,29)14-6-7-17-18(12-14)31-11-10-30-17/h6-7,12H,4-5,8-11,13H2,1-3H3. The number of hydrogen-bond donors (Lipinski definition) is 0. The van der Waals surface area contributed by atoms with Crippen LogP contribution < -0.4 is 9.47 Å². The van der Waals surface area contributed by atoms with E-state index in [1.807, 2.05) is 23.2 Å². The second-order valence-corrected chi connectivity index (χ2v) is 10.9. The van der Waals surface area contributed by atoms with Gasteiger partial charge in [-0.2, -0.15) is 9.40 Å². The zero-order valence-corrected chi connectivity index (χ0v) is 20.4. The molecule has 2 aromatic heterocycles. The fourth-order valence-electron chi connectivity index (χ4n) is 4.27. The quantitative estimate of drug-likeness (QED) is 0.485. The van der Waals surface area contributed by atoms with Crippen molar-refractivity contribution in [3.63, 3.8) is 0 Å². The largest absolute Gasteiger partial charge is 0.486 e. The molecule has 0 amide bonds. The zero-order chi connectivity index (χ0) is 23.2. The van der Waals surface area contributed by atoms with Crippen LogP contribution in [0, 0.1) is 0 Å². The minimum Gasteiger partial charge on any atom is -0.486 e. The number of aromatic nitrogens is 5. The number of benzene rings is 1. The lowest BCUT2D eigenvalue weighted by atomic mass is 10.1. The Labute approximate surface area is 196 Å². The molecule has 176 valence electrons. The summed E-state index contributed by atoms with van der Waals surface area (Å²) in [6.07, 6.45) is 0.569. The molecule has 5 rings (SSSR count). The first-order valence-corrected chi connectivity index (χ1v) is 13.4. The molecule has 33 heavy (non-hydrogen) atoms. The summed E-state index contributed by atoms with van der Waals surface area (Å²) in [4.78, 5) is 0.194. The molecule has 12 heteroatoms. The number of hydrogen-bond acceptors (Lipinski definition) is 8. The summed E-state index contributed by atoms with van der Waals surface area (Å²) in [5.41, 5.74) is 2.58. The number of thioether (sulfide) groups is 1. The normalized spacial score (nSPS) is 16.1. The predicted molar refractivity (Wildman–Crippen MR) is 123 cm³/mol. The molecule has 3 aromatic rings. The van der Waals surface area contributed by atoms with Gasteiger partial charge in [-0.05, 0) is 24.8 Å². The molecule has 0 spiro atoms. The van der Waals surface area contributed by atoms with Gasteiger partial charge in [0, 0.05) is 50.4 Å². The summed E-state index contributed by atoms with van der Waals surface area (Å²) in [5, 5.41) is 14.3. The van der Waals surface area contributed by atoms with Gasteiger partial charge in [-0.3, -0.25) is 4.68 Å². The van der Waals surface area contributed by atoms with Gasteiger partial charge in [-0.25, -0.2) is 8.42 Å². The van der Waals surface area contributed by atoms with Gasteiger partial charge in [0.15, 0.2) is 22.5 Å². The van der Waals surface area contributed by atoms with Crippen LogP contribution in [0.25, 0.3) is 11.5 Å². The van der Waals surface area contributed by atoms with Crippen LogP contribution in [0.5, 0.6) is 11.5 Å².